The van der Waals surface area contributed by atoms with Gasteiger partial charge in [0.25, 0.3) is 0 Å². The first-order chi connectivity index (χ1) is 16.0. The fourth-order valence-corrected chi connectivity index (χ4v) is 8.62. The van der Waals surface area contributed by atoms with E-state index < -0.39 is 11.9 Å². The van der Waals surface area contributed by atoms with Gasteiger partial charge in [0.2, 0.25) is 0 Å². The van der Waals surface area contributed by atoms with Crippen LogP contribution in [0.2, 0.25) is 0 Å². The number of aliphatic carboxylic acids is 1. The third kappa shape index (κ3) is 5.52. The van der Waals surface area contributed by atoms with Crippen LogP contribution in [0.25, 0.3) is 0 Å². The molecule has 0 spiro atoms. The number of hydrogen-bond donors (Lipinski definition) is 2. The van der Waals surface area contributed by atoms with Gasteiger partial charge in [-0.25, -0.2) is 0 Å². The summed E-state index contributed by atoms with van der Waals surface area (Å²) in [7, 11) is 0. The van der Waals surface area contributed by atoms with E-state index in [0.29, 0.717) is 29.1 Å². The molecule has 4 saturated carbocycles. The minimum atomic E-state index is -0.991. The van der Waals surface area contributed by atoms with Gasteiger partial charge >= 0.3 is 11.9 Å². The predicted molar refractivity (Wildman–Crippen MR) is 132 cm³/mol. The number of carboxylic acids is 1. The zero-order valence-electron chi connectivity index (χ0n) is 22.0. The van der Waals surface area contributed by atoms with Crippen molar-refractivity contribution in [2.75, 3.05) is 19.7 Å². The van der Waals surface area contributed by atoms with E-state index in [0.717, 1.165) is 29.6 Å². The van der Waals surface area contributed by atoms with E-state index in [9.17, 15) is 14.4 Å². The van der Waals surface area contributed by atoms with E-state index in [-0.39, 0.29) is 13.1 Å². The van der Waals surface area contributed by atoms with E-state index >= 15 is 0 Å². The molecule has 0 aromatic heterocycles. The van der Waals surface area contributed by atoms with Gasteiger partial charge in [-0.2, -0.15) is 0 Å². The summed E-state index contributed by atoms with van der Waals surface area (Å²) >= 11 is 0. The van der Waals surface area contributed by atoms with Crippen LogP contribution in [0, 0.1) is 46.3 Å². The van der Waals surface area contributed by atoms with Crippen LogP contribution in [-0.4, -0.2) is 42.5 Å². The lowest BCUT2D eigenvalue weighted by molar-refractivity contribution is -0.142. The Morgan fingerprint density at radius 1 is 0.941 bits per heavy atom. The number of nitrogens with one attached hydrogen (secondary N) is 1. The topological polar surface area (TPSA) is 92.7 Å². The molecule has 0 aliphatic heterocycles. The van der Waals surface area contributed by atoms with E-state index in [1.54, 1.807) is 6.92 Å². The van der Waals surface area contributed by atoms with Gasteiger partial charge in [-0.15, -0.1) is 0 Å². The minimum Gasteiger partial charge on any atom is -0.480 e. The quantitative estimate of drug-likeness (QED) is 0.518. The molecule has 8 unspecified atom stereocenters. The monoisotopic (exact) mass is 477 g/mol. The first-order valence-corrected chi connectivity index (χ1v) is 13.6. The Balaban J connectivity index is 0.000000252. The average molecular weight is 478 g/mol. The highest BCUT2D eigenvalue weighted by atomic mass is 16.5. The molecule has 0 saturated heterocycles. The third-order valence-electron chi connectivity index (χ3n) is 10.3. The number of hydrogen-bond acceptors (Lipinski definition) is 5. The van der Waals surface area contributed by atoms with Crippen LogP contribution in [-0.2, 0) is 19.1 Å². The van der Waals surface area contributed by atoms with E-state index in [1.807, 2.05) is 6.92 Å². The molecule has 0 heterocycles. The number of carbonyl (C=O) groups is 3. The number of ketones is 1. The maximum atomic E-state index is 12.2. The van der Waals surface area contributed by atoms with E-state index in [1.165, 1.54) is 57.8 Å². The molecular weight excluding hydrogens is 430 g/mol. The summed E-state index contributed by atoms with van der Waals surface area (Å²) in [6, 6.07) is 0. The van der Waals surface area contributed by atoms with Crippen molar-refractivity contribution < 1.29 is 24.2 Å². The lowest BCUT2D eigenvalue weighted by Crippen LogP contribution is -2.53. The van der Waals surface area contributed by atoms with Crippen molar-refractivity contribution in [2.45, 2.75) is 92.4 Å². The van der Waals surface area contributed by atoms with Crippen molar-refractivity contribution in [3.8, 4) is 0 Å². The molecule has 0 aromatic rings. The lowest BCUT2D eigenvalue weighted by Gasteiger charge is -2.61. The largest absolute Gasteiger partial charge is 0.480 e. The number of rotatable bonds is 6. The van der Waals surface area contributed by atoms with Gasteiger partial charge in [-0.1, -0.05) is 27.2 Å². The Kier molecular flexibility index (Phi) is 8.86. The molecule has 0 amide bonds. The van der Waals surface area contributed by atoms with Crippen molar-refractivity contribution in [3.05, 3.63) is 0 Å². The van der Waals surface area contributed by atoms with Crippen molar-refractivity contribution >= 4 is 17.7 Å². The van der Waals surface area contributed by atoms with Crippen LogP contribution in [0.1, 0.15) is 92.4 Å². The molecule has 0 bridgehead atoms. The summed E-state index contributed by atoms with van der Waals surface area (Å²) in [6.07, 6.45) is 12.6. The molecule has 2 N–H and O–H groups in total. The van der Waals surface area contributed by atoms with Gasteiger partial charge in [-0.3, -0.25) is 19.7 Å². The molecule has 6 heteroatoms. The second-order valence-electron chi connectivity index (χ2n) is 12.1. The highest BCUT2D eigenvalue weighted by Crippen LogP contribution is 2.67. The van der Waals surface area contributed by atoms with Crippen LogP contribution < -0.4 is 5.32 Å². The van der Waals surface area contributed by atoms with E-state index in [2.05, 4.69) is 30.8 Å². The van der Waals surface area contributed by atoms with Crippen LogP contribution in [0.15, 0.2) is 0 Å². The van der Waals surface area contributed by atoms with Crippen molar-refractivity contribution in [2.24, 2.45) is 46.3 Å². The first kappa shape index (κ1) is 27.2. The van der Waals surface area contributed by atoms with Crippen LogP contribution in [0.3, 0.4) is 0 Å². The summed E-state index contributed by atoms with van der Waals surface area (Å²) in [5.74, 6) is 4.07. The number of Topliss-reactive ketones (excluding diaryl/α,β-unsaturated/α-hetero) is 1. The predicted octanol–water partition coefficient (Wildman–Crippen LogP) is 5.09. The first-order valence-electron chi connectivity index (χ1n) is 13.6. The van der Waals surface area contributed by atoms with Gasteiger partial charge in [0.05, 0.1) is 19.7 Å². The molecule has 0 aromatic carbocycles. The Morgan fingerprint density at radius 3 is 2.26 bits per heavy atom. The fourth-order valence-electron chi connectivity index (χ4n) is 8.62. The summed E-state index contributed by atoms with van der Waals surface area (Å²) in [6.45, 7) is 11.2. The van der Waals surface area contributed by atoms with Gasteiger partial charge < -0.3 is 9.84 Å². The molecule has 4 rings (SSSR count). The molecule has 0 radical (unpaired) electrons. The number of carbonyl (C=O) groups excluding carboxylic acids is 2. The lowest BCUT2D eigenvalue weighted by atomic mass is 9.44. The fraction of sp³-hybridized carbons (Fsp3) is 0.893. The van der Waals surface area contributed by atoms with Gasteiger partial charge in [0.1, 0.15) is 5.78 Å². The summed E-state index contributed by atoms with van der Waals surface area (Å²) in [4.78, 5) is 32.7. The molecule has 34 heavy (non-hydrogen) atoms. The number of fused-ring (bicyclic) bond motifs is 5. The van der Waals surface area contributed by atoms with Gasteiger partial charge in [-0.05, 0) is 106 Å². The number of esters is 1. The van der Waals surface area contributed by atoms with Crippen LogP contribution in [0.4, 0.5) is 0 Å². The molecule has 4 fully saturated rings. The maximum absolute atomic E-state index is 12.2. The van der Waals surface area contributed by atoms with Crippen LogP contribution >= 0.6 is 0 Å². The smallest absolute Gasteiger partial charge is 0.319 e. The van der Waals surface area contributed by atoms with E-state index in [4.69, 9.17) is 5.11 Å². The second kappa shape index (κ2) is 11.1. The standard InChI is InChI=1S/C22H36O.C6H11NO4/c1-14-9-11-21(3)16(13-14)5-6-17-19-8-7-18(15(2)23)22(19,4)12-10-20(17)21;1-2-11-6(10)4-7-3-5(8)9/h14,16-20H,5-13H2,1-4H3;7H,2-4H2,1H3,(H,8,9). The third-order valence-corrected chi connectivity index (χ3v) is 10.3. The normalized spacial score (nSPS) is 40.6. The SMILES string of the molecule is CC(=O)C1CCC2C3CCC4CC(C)CCC4(C)C3CCC12C.CCOC(=O)CNCC(=O)O. The summed E-state index contributed by atoms with van der Waals surface area (Å²) in [5.41, 5.74) is 0.948. The molecule has 194 valence electrons. The van der Waals surface area contributed by atoms with Crippen LogP contribution in [0.5, 0.6) is 0 Å². The maximum Gasteiger partial charge on any atom is 0.319 e. The molecule has 6 nitrogen and oxygen atoms in total. The molecular formula is C28H47NO5. The van der Waals surface area contributed by atoms with Gasteiger partial charge in [0, 0.05) is 5.92 Å². The Hall–Kier alpha value is -1.43. The number of ether oxygens (including phenoxy) is 1. The summed E-state index contributed by atoms with van der Waals surface area (Å²) < 4.78 is 4.53. The van der Waals surface area contributed by atoms with Crippen molar-refractivity contribution in [1.82, 2.24) is 5.32 Å². The van der Waals surface area contributed by atoms with Gasteiger partial charge in [0.15, 0.2) is 0 Å². The summed E-state index contributed by atoms with van der Waals surface area (Å²) in [5, 5.41) is 10.5. The van der Waals surface area contributed by atoms with Crippen molar-refractivity contribution in [1.29, 1.82) is 0 Å². The molecule has 4 aliphatic carbocycles. The zero-order valence-corrected chi connectivity index (χ0v) is 22.0. The zero-order chi connectivity index (χ0) is 25.1. The number of carboxylic acid groups (broad SMARTS) is 1. The second-order valence-corrected chi connectivity index (χ2v) is 12.1. The Morgan fingerprint density at radius 2 is 1.62 bits per heavy atom. The highest BCUT2D eigenvalue weighted by molar-refractivity contribution is 5.79. The molecule has 8 atom stereocenters. The van der Waals surface area contributed by atoms with Crippen molar-refractivity contribution in [3.63, 3.8) is 0 Å². The molecule has 4 aliphatic rings. The average Bonchev–Trinajstić information content (AvgIpc) is 3.12. The minimum absolute atomic E-state index is 0.0554. The Bertz CT molecular complexity index is 753. The Labute approximate surface area is 206 Å². The highest BCUT2D eigenvalue weighted by Gasteiger charge is 2.60.